The molecule has 0 unspecified atom stereocenters. The van der Waals surface area contributed by atoms with Gasteiger partial charge < -0.3 is 0 Å². The third-order valence-electron chi connectivity index (χ3n) is 1.64. The van der Waals surface area contributed by atoms with Gasteiger partial charge in [0.15, 0.2) is 0 Å². The summed E-state index contributed by atoms with van der Waals surface area (Å²) >= 11 is 0. The van der Waals surface area contributed by atoms with E-state index in [-0.39, 0.29) is 7.43 Å². The first-order valence-electron chi connectivity index (χ1n) is 4.45. The first-order valence-corrected chi connectivity index (χ1v) is 4.45. The molecular formula is C12H24. The van der Waals surface area contributed by atoms with Gasteiger partial charge in [-0.3, -0.25) is 0 Å². The highest BCUT2D eigenvalue weighted by Gasteiger charge is 1.86. The van der Waals surface area contributed by atoms with E-state index in [1.807, 2.05) is 0 Å². The zero-order chi connectivity index (χ0) is 8.69. The lowest BCUT2D eigenvalue weighted by Crippen LogP contribution is -1.76. The van der Waals surface area contributed by atoms with Gasteiger partial charge in [0.25, 0.3) is 0 Å². The number of hydrogen-bond donors (Lipinski definition) is 0. The molecule has 0 nitrogen and oxygen atoms in total. The van der Waals surface area contributed by atoms with Gasteiger partial charge in [0.05, 0.1) is 0 Å². The van der Waals surface area contributed by atoms with Crippen molar-refractivity contribution in [2.24, 2.45) is 0 Å². The zero-order valence-corrected chi connectivity index (χ0v) is 8.28. The highest BCUT2D eigenvalue weighted by atomic mass is 13.9. The molecule has 0 spiro atoms. The Morgan fingerprint density at radius 1 is 1.08 bits per heavy atom. The maximum Gasteiger partial charge on any atom is -0.0288 e. The Bertz CT molecular complexity index is 145. The minimum Gasteiger partial charge on any atom is -0.0859 e. The Kier molecular flexibility index (Phi) is 10.0. The van der Waals surface area contributed by atoms with Crippen LogP contribution < -0.4 is 0 Å². The summed E-state index contributed by atoms with van der Waals surface area (Å²) in [6, 6.07) is 0. The predicted octanol–water partition coefficient (Wildman–Crippen LogP) is 4.73. The van der Waals surface area contributed by atoms with Crippen LogP contribution in [0.2, 0.25) is 0 Å². The summed E-state index contributed by atoms with van der Waals surface area (Å²) < 4.78 is 0. The monoisotopic (exact) mass is 168 g/mol. The fourth-order valence-corrected chi connectivity index (χ4v) is 1.04. The van der Waals surface area contributed by atoms with Crippen LogP contribution in [0.5, 0.6) is 0 Å². The van der Waals surface area contributed by atoms with Crippen molar-refractivity contribution in [3.63, 3.8) is 0 Å². The second-order valence-corrected chi connectivity index (χ2v) is 3.28. The topological polar surface area (TPSA) is 0 Å². The molecule has 0 aromatic heterocycles. The Morgan fingerprint density at radius 3 is 2.08 bits per heavy atom. The Balaban J connectivity index is 0. The maximum atomic E-state index is 2.30. The quantitative estimate of drug-likeness (QED) is 0.532. The fraction of sp³-hybridized carbons (Fsp3) is 0.667. The highest BCUT2D eigenvalue weighted by molar-refractivity contribution is 5.01. The molecule has 0 heterocycles. The number of rotatable bonds is 4. The summed E-state index contributed by atoms with van der Waals surface area (Å²) in [6.07, 6.45) is 8.19. The van der Waals surface area contributed by atoms with E-state index in [9.17, 15) is 0 Å². The van der Waals surface area contributed by atoms with Gasteiger partial charge in [-0.2, -0.15) is 0 Å². The van der Waals surface area contributed by atoms with Gasteiger partial charge in [0, 0.05) is 0 Å². The highest BCUT2D eigenvalue weighted by Crippen LogP contribution is 2.06. The molecule has 0 saturated heterocycles. The lowest BCUT2D eigenvalue weighted by atomic mass is 10.1. The van der Waals surface area contributed by atoms with Crippen molar-refractivity contribution in [1.82, 2.24) is 0 Å². The van der Waals surface area contributed by atoms with Crippen molar-refractivity contribution >= 4 is 0 Å². The van der Waals surface area contributed by atoms with Gasteiger partial charge in [-0.15, -0.1) is 0 Å². The van der Waals surface area contributed by atoms with Gasteiger partial charge in [-0.05, 0) is 40.0 Å². The molecule has 72 valence electrons. The third kappa shape index (κ3) is 9.48. The van der Waals surface area contributed by atoms with Crippen LogP contribution in [-0.2, 0) is 0 Å². The van der Waals surface area contributed by atoms with E-state index in [2.05, 4.69) is 39.8 Å². The summed E-state index contributed by atoms with van der Waals surface area (Å²) in [5.41, 5.74) is 2.94. The van der Waals surface area contributed by atoms with Gasteiger partial charge in [0.1, 0.15) is 0 Å². The average molecular weight is 168 g/mol. The van der Waals surface area contributed by atoms with Gasteiger partial charge in [-0.1, -0.05) is 37.6 Å². The van der Waals surface area contributed by atoms with Crippen LogP contribution in [0.15, 0.2) is 23.3 Å². The number of hydrogen-bond acceptors (Lipinski definition) is 0. The van der Waals surface area contributed by atoms with E-state index in [1.165, 1.54) is 30.4 Å². The molecule has 0 aromatic carbocycles. The number of allylic oxidation sites excluding steroid dienone is 4. The smallest absolute Gasteiger partial charge is 0.0288 e. The molecule has 0 amide bonds. The summed E-state index contributed by atoms with van der Waals surface area (Å²) in [5, 5.41) is 0. The molecule has 0 aliphatic rings. The lowest BCUT2D eigenvalue weighted by Gasteiger charge is -1.96. The van der Waals surface area contributed by atoms with E-state index >= 15 is 0 Å². The molecule has 0 heteroatoms. The SMILES string of the molecule is C.CC/C=C(\C)CCC=C(C)C. The molecule has 0 bridgehead atoms. The molecule has 0 rings (SSSR count). The third-order valence-corrected chi connectivity index (χ3v) is 1.64. The maximum absolute atomic E-state index is 2.30. The molecule has 0 fully saturated rings. The fourth-order valence-electron chi connectivity index (χ4n) is 1.04. The van der Waals surface area contributed by atoms with Crippen molar-refractivity contribution in [1.29, 1.82) is 0 Å². The Labute approximate surface area is 78.4 Å². The van der Waals surface area contributed by atoms with Crippen LogP contribution in [0, 0.1) is 0 Å². The van der Waals surface area contributed by atoms with Crippen molar-refractivity contribution in [2.45, 2.75) is 54.4 Å². The van der Waals surface area contributed by atoms with E-state index < -0.39 is 0 Å². The second-order valence-electron chi connectivity index (χ2n) is 3.28. The Morgan fingerprint density at radius 2 is 1.67 bits per heavy atom. The minimum atomic E-state index is 0. The van der Waals surface area contributed by atoms with Crippen LogP contribution in [0.4, 0.5) is 0 Å². The molecule has 0 N–H and O–H groups in total. The molecule has 0 aliphatic heterocycles. The molecule has 0 radical (unpaired) electrons. The lowest BCUT2D eigenvalue weighted by molar-refractivity contribution is 0.952. The standard InChI is InChI=1S/C11H20.CH4/c1-5-7-11(4)9-6-8-10(2)3;/h7-8H,5-6,9H2,1-4H3;1H4/b11-7+;. The molecule has 0 atom stereocenters. The van der Waals surface area contributed by atoms with Crippen LogP contribution in [0.1, 0.15) is 54.4 Å². The van der Waals surface area contributed by atoms with Crippen LogP contribution in [0.25, 0.3) is 0 Å². The Hall–Kier alpha value is -0.520. The van der Waals surface area contributed by atoms with E-state index in [0.29, 0.717) is 0 Å². The van der Waals surface area contributed by atoms with E-state index in [1.54, 1.807) is 0 Å². The largest absolute Gasteiger partial charge is 0.0859 e. The van der Waals surface area contributed by atoms with Gasteiger partial charge in [0.2, 0.25) is 0 Å². The average Bonchev–Trinajstić information content (AvgIpc) is 1.87. The van der Waals surface area contributed by atoms with Gasteiger partial charge >= 0.3 is 0 Å². The van der Waals surface area contributed by atoms with Crippen LogP contribution >= 0.6 is 0 Å². The molecule has 0 saturated carbocycles. The molecule has 0 aromatic rings. The van der Waals surface area contributed by atoms with Crippen molar-refractivity contribution in [2.75, 3.05) is 0 Å². The predicted molar refractivity (Wildman–Crippen MR) is 59.4 cm³/mol. The molecule has 12 heavy (non-hydrogen) atoms. The summed E-state index contributed by atoms with van der Waals surface area (Å²) in [7, 11) is 0. The first-order chi connectivity index (χ1) is 5.16. The van der Waals surface area contributed by atoms with Gasteiger partial charge in [-0.25, -0.2) is 0 Å². The first kappa shape index (κ1) is 14.0. The van der Waals surface area contributed by atoms with Crippen LogP contribution in [0.3, 0.4) is 0 Å². The van der Waals surface area contributed by atoms with E-state index in [4.69, 9.17) is 0 Å². The second kappa shape index (κ2) is 8.58. The molecule has 0 aliphatic carbocycles. The summed E-state index contributed by atoms with van der Waals surface area (Å²) in [4.78, 5) is 0. The van der Waals surface area contributed by atoms with Crippen molar-refractivity contribution in [3.05, 3.63) is 23.3 Å². The van der Waals surface area contributed by atoms with Crippen molar-refractivity contribution in [3.8, 4) is 0 Å². The van der Waals surface area contributed by atoms with E-state index in [0.717, 1.165) is 0 Å². The van der Waals surface area contributed by atoms with Crippen LogP contribution in [-0.4, -0.2) is 0 Å². The molecular weight excluding hydrogens is 144 g/mol. The summed E-state index contributed by atoms with van der Waals surface area (Å²) in [6.45, 7) is 8.70. The van der Waals surface area contributed by atoms with Crippen molar-refractivity contribution < 1.29 is 0 Å². The minimum absolute atomic E-state index is 0. The normalized spacial score (nSPS) is 10.5. The zero-order valence-electron chi connectivity index (χ0n) is 8.28. The summed E-state index contributed by atoms with van der Waals surface area (Å²) in [5.74, 6) is 0.